The number of amides is 1. The van der Waals surface area contributed by atoms with E-state index in [1.807, 2.05) is 35.8 Å². The molecule has 7 heteroatoms. The van der Waals surface area contributed by atoms with E-state index in [0.29, 0.717) is 13.0 Å². The molecule has 0 radical (unpaired) electrons. The fourth-order valence-electron chi connectivity index (χ4n) is 3.32. The van der Waals surface area contributed by atoms with Gasteiger partial charge in [0, 0.05) is 24.2 Å². The van der Waals surface area contributed by atoms with Crippen molar-refractivity contribution < 1.29 is 9.21 Å². The van der Waals surface area contributed by atoms with Crippen LogP contribution in [0.1, 0.15) is 35.1 Å². The molecular weight excluding hydrogens is 348 g/mol. The van der Waals surface area contributed by atoms with Crippen molar-refractivity contribution in [3.63, 3.8) is 0 Å². The number of carbonyl (C=O) groups excluding carboxylic acids is 1. The molecule has 0 fully saturated rings. The molecule has 1 aliphatic rings. The second-order valence-electron chi connectivity index (χ2n) is 6.54. The number of fused-ring (bicyclic) bond motifs is 1. The number of furan rings is 1. The van der Waals surface area contributed by atoms with Crippen LogP contribution in [-0.2, 0) is 30.8 Å². The molecule has 0 saturated heterocycles. The van der Waals surface area contributed by atoms with E-state index >= 15 is 0 Å². The van der Waals surface area contributed by atoms with E-state index in [4.69, 9.17) is 9.40 Å². The van der Waals surface area contributed by atoms with E-state index in [9.17, 15) is 4.79 Å². The van der Waals surface area contributed by atoms with Gasteiger partial charge in [-0.2, -0.15) is 0 Å². The molecule has 4 rings (SSSR count). The summed E-state index contributed by atoms with van der Waals surface area (Å²) in [5, 5.41) is 4.98. The van der Waals surface area contributed by atoms with Gasteiger partial charge in [0.15, 0.2) is 0 Å². The monoisotopic (exact) mass is 370 g/mol. The first-order valence-electron chi connectivity index (χ1n) is 8.80. The number of carbonyl (C=O) groups is 1. The van der Waals surface area contributed by atoms with Crippen molar-refractivity contribution in [2.45, 2.75) is 39.0 Å². The van der Waals surface area contributed by atoms with Crippen LogP contribution in [-0.4, -0.2) is 26.9 Å². The average Bonchev–Trinajstić information content (AvgIpc) is 3.37. The maximum absolute atomic E-state index is 12.2. The minimum atomic E-state index is 0.00828. The fourth-order valence-corrected chi connectivity index (χ4v) is 3.97. The second-order valence-corrected chi connectivity index (χ2v) is 7.57. The van der Waals surface area contributed by atoms with Gasteiger partial charge >= 0.3 is 0 Å². The van der Waals surface area contributed by atoms with Gasteiger partial charge in [0.05, 0.1) is 37.5 Å². The maximum atomic E-state index is 12.2. The number of aromatic nitrogens is 2. The lowest BCUT2D eigenvalue weighted by atomic mass is 10.2. The minimum absolute atomic E-state index is 0.00828. The fraction of sp³-hybridized carbons (Fsp3) is 0.368. The van der Waals surface area contributed by atoms with E-state index < -0.39 is 0 Å². The van der Waals surface area contributed by atoms with E-state index in [1.54, 1.807) is 17.6 Å². The number of hydrogen-bond donors (Lipinski definition) is 1. The normalized spacial score (nSPS) is 17.2. The Labute approximate surface area is 156 Å². The topological polar surface area (TPSA) is 63.3 Å². The Morgan fingerprint density at radius 2 is 2.31 bits per heavy atom. The van der Waals surface area contributed by atoms with Crippen molar-refractivity contribution >= 4 is 17.2 Å². The molecule has 1 amide bonds. The van der Waals surface area contributed by atoms with Gasteiger partial charge in [-0.15, -0.1) is 11.3 Å². The highest BCUT2D eigenvalue weighted by molar-refractivity contribution is 7.09. The summed E-state index contributed by atoms with van der Waals surface area (Å²) in [5.41, 5.74) is 0.829. The molecule has 0 saturated carbocycles. The Balaban J connectivity index is 1.38. The lowest BCUT2D eigenvalue weighted by molar-refractivity contribution is -0.120. The maximum Gasteiger partial charge on any atom is 0.226 e. The van der Waals surface area contributed by atoms with Gasteiger partial charge in [0.2, 0.25) is 5.91 Å². The highest BCUT2D eigenvalue weighted by Gasteiger charge is 2.27. The molecule has 3 aromatic heterocycles. The first-order chi connectivity index (χ1) is 12.7. The van der Waals surface area contributed by atoms with Crippen molar-refractivity contribution in [1.29, 1.82) is 0 Å². The third kappa shape index (κ3) is 3.73. The highest BCUT2D eigenvalue weighted by Crippen LogP contribution is 2.26. The molecule has 0 bridgehead atoms. The van der Waals surface area contributed by atoms with Crippen LogP contribution in [0, 0.1) is 0 Å². The van der Waals surface area contributed by atoms with Crippen LogP contribution in [0.2, 0.25) is 0 Å². The minimum Gasteiger partial charge on any atom is -0.468 e. The zero-order valence-electron chi connectivity index (χ0n) is 14.7. The molecule has 0 aromatic carbocycles. The smallest absolute Gasteiger partial charge is 0.226 e. The molecular formula is C19H22N4O2S. The highest BCUT2D eigenvalue weighted by atomic mass is 32.1. The molecule has 3 aromatic rings. The summed E-state index contributed by atoms with van der Waals surface area (Å²) < 4.78 is 7.64. The van der Waals surface area contributed by atoms with Gasteiger partial charge < -0.3 is 14.3 Å². The molecule has 4 heterocycles. The summed E-state index contributed by atoms with van der Waals surface area (Å²) >= 11 is 1.65. The zero-order valence-corrected chi connectivity index (χ0v) is 15.5. The van der Waals surface area contributed by atoms with Crippen molar-refractivity contribution in [1.82, 2.24) is 19.8 Å². The van der Waals surface area contributed by atoms with Gasteiger partial charge in [-0.1, -0.05) is 6.07 Å². The summed E-state index contributed by atoms with van der Waals surface area (Å²) in [7, 11) is 0. The third-order valence-corrected chi connectivity index (χ3v) is 5.60. The first kappa shape index (κ1) is 17.1. The van der Waals surface area contributed by atoms with Crippen LogP contribution in [0.4, 0.5) is 0 Å². The van der Waals surface area contributed by atoms with Gasteiger partial charge in [-0.05, 0) is 30.5 Å². The SMILES string of the molecule is C[C@@H]1c2nc(CC(=O)NCc3cccs3)cn2CCN1Cc1ccco1. The van der Waals surface area contributed by atoms with Crippen LogP contribution < -0.4 is 5.32 Å². The van der Waals surface area contributed by atoms with Gasteiger partial charge in [0.25, 0.3) is 0 Å². The predicted molar refractivity (Wildman–Crippen MR) is 99.6 cm³/mol. The molecule has 0 unspecified atom stereocenters. The molecule has 136 valence electrons. The lowest BCUT2D eigenvalue weighted by Gasteiger charge is -2.32. The Hall–Kier alpha value is -2.38. The van der Waals surface area contributed by atoms with Gasteiger partial charge in [0.1, 0.15) is 11.6 Å². The van der Waals surface area contributed by atoms with Gasteiger partial charge in [-0.3, -0.25) is 9.69 Å². The summed E-state index contributed by atoms with van der Waals surface area (Å²) in [6.07, 6.45) is 4.04. The number of hydrogen-bond acceptors (Lipinski definition) is 5. The molecule has 1 N–H and O–H groups in total. The summed E-state index contributed by atoms with van der Waals surface area (Å²) in [5.74, 6) is 1.99. The second kappa shape index (κ2) is 7.47. The average molecular weight is 370 g/mol. The van der Waals surface area contributed by atoms with Crippen molar-refractivity contribution in [3.05, 3.63) is 64.3 Å². The van der Waals surface area contributed by atoms with Crippen LogP contribution in [0.5, 0.6) is 0 Å². The summed E-state index contributed by atoms with van der Waals surface area (Å²) in [6, 6.07) is 8.12. The Morgan fingerprint density at radius 3 is 3.08 bits per heavy atom. The number of nitrogens with one attached hydrogen (secondary N) is 1. The van der Waals surface area contributed by atoms with E-state index in [-0.39, 0.29) is 11.9 Å². The Bertz CT molecular complexity index is 854. The first-order valence-corrected chi connectivity index (χ1v) is 9.68. The van der Waals surface area contributed by atoms with Crippen LogP contribution in [0.15, 0.2) is 46.5 Å². The van der Waals surface area contributed by atoms with E-state index in [0.717, 1.165) is 41.8 Å². The zero-order chi connectivity index (χ0) is 17.9. The number of rotatable bonds is 6. The molecule has 1 atom stereocenters. The molecule has 6 nitrogen and oxygen atoms in total. The van der Waals surface area contributed by atoms with Crippen LogP contribution in [0.25, 0.3) is 0 Å². The molecule has 1 aliphatic heterocycles. The standard InChI is InChI=1S/C19H22N4O2S/c1-14-19-21-15(10-18(24)20-11-17-5-3-9-26-17)12-23(19)7-6-22(14)13-16-4-2-8-25-16/h2-5,8-9,12,14H,6-7,10-11,13H2,1H3,(H,20,24)/t14-/m1/s1. The summed E-state index contributed by atoms with van der Waals surface area (Å²) in [4.78, 5) is 20.4. The number of nitrogens with zero attached hydrogens (tertiary/aromatic N) is 3. The molecule has 0 aliphatic carbocycles. The van der Waals surface area contributed by atoms with E-state index in [1.165, 1.54) is 0 Å². The van der Waals surface area contributed by atoms with Gasteiger partial charge in [-0.25, -0.2) is 4.98 Å². The molecule has 0 spiro atoms. The van der Waals surface area contributed by atoms with Crippen molar-refractivity contribution in [3.8, 4) is 0 Å². The quantitative estimate of drug-likeness (QED) is 0.725. The summed E-state index contributed by atoms with van der Waals surface area (Å²) in [6.45, 7) is 5.33. The van der Waals surface area contributed by atoms with Crippen LogP contribution in [0.3, 0.4) is 0 Å². The molecule has 26 heavy (non-hydrogen) atoms. The van der Waals surface area contributed by atoms with Crippen LogP contribution >= 0.6 is 11.3 Å². The predicted octanol–water partition coefficient (Wildman–Crippen LogP) is 2.97. The number of thiophene rings is 1. The van der Waals surface area contributed by atoms with Crippen molar-refractivity contribution in [2.75, 3.05) is 6.54 Å². The largest absolute Gasteiger partial charge is 0.468 e. The third-order valence-electron chi connectivity index (χ3n) is 4.73. The van der Waals surface area contributed by atoms with E-state index in [2.05, 4.69) is 21.7 Å². The Morgan fingerprint density at radius 1 is 1.38 bits per heavy atom. The van der Waals surface area contributed by atoms with Crippen molar-refractivity contribution in [2.24, 2.45) is 0 Å². The Kier molecular flexibility index (Phi) is 4.90. The number of imidazole rings is 1. The lowest BCUT2D eigenvalue weighted by Crippen LogP contribution is -2.36.